The highest BCUT2D eigenvalue weighted by Crippen LogP contribution is 2.28. The van der Waals surface area contributed by atoms with Crippen LogP contribution in [0.25, 0.3) is 22.6 Å². The Morgan fingerprint density at radius 3 is 2.58 bits per heavy atom. The lowest BCUT2D eigenvalue weighted by Gasteiger charge is -2.00. The van der Waals surface area contributed by atoms with E-state index in [4.69, 9.17) is 23.2 Å². The summed E-state index contributed by atoms with van der Waals surface area (Å²) in [6.45, 7) is 0. The first-order valence-electron chi connectivity index (χ1n) is 5.22. The Hall–Kier alpha value is -2.05. The minimum atomic E-state index is -0.613. The molecule has 0 aliphatic heterocycles. The normalized spacial score (nSPS) is 11.1. The van der Waals surface area contributed by atoms with E-state index in [0.29, 0.717) is 21.4 Å². The number of H-pyrrole nitrogens is 3. The molecule has 0 amide bonds. The van der Waals surface area contributed by atoms with Crippen LogP contribution in [0.4, 0.5) is 0 Å². The van der Waals surface area contributed by atoms with Gasteiger partial charge in [0.25, 0.3) is 5.56 Å². The molecular weight excluding hydrogens is 291 g/mol. The van der Waals surface area contributed by atoms with Gasteiger partial charge in [-0.15, -0.1) is 0 Å². The molecule has 0 saturated carbocycles. The van der Waals surface area contributed by atoms with Crippen molar-refractivity contribution in [2.45, 2.75) is 0 Å². The Morgan fingerprint density at radius 1 is 1.05 bits per heavy atom. The van der Waals surface area contributed by atoms with E-state index in [-0.39, 0.29) is 11.2 Å². The van der Waals surface area contributed by atoms with Crippen molar-refractivity contribution in [1.29, 1.82) is 0 Å². The summed E-state index contributed by atoms with van der Waals surface area (Å²) in [4.78, 5) is 34.2. The fraction of sp³-hybridized carbons (Fsp3) is 0. The smallest absolute Gasteiger partial charge is 0.327 e. The topological polar surface area (TPSA) is 94.4 Å². The van der Waals surface area contributed by atoms with Gasteiger partial charge in [0.2, 0.25) is 0 Å². The minimum Gasteiger partial charge on any atom is -0.332 e. The maximum Gasteiger partial charge on any atom is 0.327 e. The highest BCUT2D eigenvalue weighted by atomic mass is 35.5. The van der Waals surface area contributed by atoms with Gasteiger partial charge in [-0.1, -0.05) is 23.2 Å². The number of aromatic amines is 3. The number of halogens is 2. The van der Waals surface area contributed by atoms with E-state index in [1.54, 1.807) is 18.2 Å². The number of aromatic nitrogens is 4. The van der Waals surface area contributed by atoms with Crippen LogP contribution in [0, 0.1) is 0 Å². The third-order valence-electron chi connectivity index (χ3n) is 2.58. The number of hydrogen-bond acceptors (Lipinski definition) is 3. The first kappa shape index (κ1) is 12.0. The first-order valence-corrected chi connectivity index (χ1v) is 5.98. The van der Waals surface area contributed by atoms with Crippen LogP contribution in [-0.4, -0.2) is 19.9 Å². The second-order valence-corrected chi connectivity index (χ2v) is 4.69. The molecule has 1 aromatic carbocycles. The third-order valence-corrected chi connectivity index (χ3v) is 3.12. The van der Waals surface area contributed by atoms with Crippen molar-refractivity contribution < 1.29 is 0 Å². The van der Waals surface area contributed by atoms with Gasteiger partial charge in [0, 0.05) is 10.6 Å². The van der Waals surface area contributed by atoms with Crippen molar-refractivity contribution in [2.24, 2.45) is 0 Å². The molecular formula is C11H6Cl2N4O2. The van der Waals surface area contributed by atoms with Gasteiger partial charge >= 0.3 is 5.69 Å². The van der Waals surface area contributed by atoms with Gasteiger partial charge in [-0.25, -0.2) is 9.78 Å². The molecule has 0 radical (unpaired) electrons. The lowest BCUT2D eigenvalue weighted by atomic mass is 10.2. The zero-order valence-corrected chi connectivity index (χ0v) is 10.8. The van der Waals surface area contributed by atoms with Crippen molar-refractivity contribution in [1.82, 2.24) is 19.9 Å². The fourth-order valence-electron chi connectivity index (χ4n) is 1.74. The van der Waals surface area contributed by atoms with Crippen molar-refractivity contribution >= 4 is 34.4 Å². The van der Waals surface area contributed by atoms with Gasteiger partial charge < -0.3 is 4.98 Å². The molecule has 0 saturated heterocycles. The fourth-order valence-corrected chi connectivity index (χ4v) is 2.24. The Labute approximate surface area is 115 Å². The highest BCUT2D eigenvalue weighted by Gasteiger charge is 2.12. The Morgan fingerprint density at radius 2 is 1.84 bits per heavy atom. The quantitative estimate of drug-likeness (QED) is 0.640. The van der Waals surface area contributed by atoms with E-state index in [1.165, 1.54) is 0 Å². The third kappa shape index (κ3) is 2.05. The number of rotatable bonds is 1. The van der Waals surface area contributed by atoms with E-state index in [2.05, 4.69) is 19.9 Å². The summed E-state index contributed by atoms with van der Waals surface area (Å²) in [5.74, 6) is 0.379. The van der Waals surface area contributed by atoms with E-state index >= 15 is 0 Å². The summed E-state index contributed by atoms with van der Waals surface area (Å²) in [6.07, 6.45) is 0. The summed E-state index contributed by atoms with van der Waals surface area (Å²) in [7, 11) is 0. The molecule has 6 nitrogen and oxygen atoms in total. The molecule has 0 spiro atoms. The van der Waals surface area contributed by atoms with Crippen molar-refractivity contribution in [3.05, 3.63) is 49.1 Å². The van der Waals surface area contributed by atoms with Crippen molar-refractivity contribution in [3.8, 4) is 11.4 Å². The zero-order chi connectivity index (χ0) is 13.6. The molecule has 3 N–H and O–H groups in total. The van der Waals surface area contributed by atoms with Crippen molar-refractivity contribution in [3.63, 3.8) is 0 Å². The predicted molar refractivity (Wildman–Crippen MR) is 72.8 cm³/mol. The van der Waals surface area contributed by atoms with Crippen LogP contribution in [0.1, 0.15) is 0 Å². The predicted octanol–water partition coefficient (Wildman–Crippen LogP) is 1.91. The lowest BCUT2D eigenvalue weighted by Crippen LogP contribution is -2.21. The molecule has 3 aromatic rings. The van der Waals surface area contributed by atoms with Gasteiger partial charge in [0.05, 0.1) is 5.02 Å². The van der Waals surface area contributed by atoms with E-state index in [0.717, 1.165) is 0 Å². The Bertz CT molecular complexity index is 894. The molecule has 0 fully saturated rings. The Balaban J connectivity index is 2.29. The van der Waals surface area contributed by atoms with Gasteiger partial charge in [0.15, 0.2) is 5.65 Å². The second-order valence-electron chi connectivity index (χ2n) is 3.84. The molecule has 2 heterocycles. The molecule has 3 rings (SSSR count). The number of imidazole rings is 1. The number of nitrogens with one attached hydrogen (secondary N) is 3. The maximum atomic E-state index is 11.6. The SMILES string of the molecule is O=c1[nH]c(=O)c2[nH]c(-c3ccc(Cl)cc3Cl)nc2[nH]1. The lowest BCUT2D eigenvalue weighted by molar-refractivity contribution is 1.07. The van der Waals surface area contributed by atoms with E-state index in [9.17, 15) is 9.59 Å². The molecule has 2 aromatic heterocycles. The number of fused-ring (bicyclic) bond motifs is 1. The molecule has 0 unspecified atom stereocenters. The van der Waals surface area contributed by atoms with E-state index in [1.807, 2.05) is 0 Å². The molecule has 8 heteroatoms. The first-order chi connectivity index (χ1) is 9.04. The van der Waals surface area contributed by atoms with Crippen molar-refractivity contribution in [2.75, 3.05) is 0 Å². The zero-order valence-electron chi connectivity index (χ0n) is 9.25. The maximum absolute atomic E-state index is 11.6. The van der Waals surface area contributed by atoms with Crippen LogP contribution in [0.3, 0.4) is 0 Å². The summed E-state index contributed by atoms with van der Waals surface area (Å²) in [5, 5.41) is 0.890. The standard InChI is InChI=1S/C11H6Cl2N4O2/c12-4-1-2-5(6(13)3-4)8-14-7-9(15-8)16-11(19)17-10(7)18/h1-3H,(H3,14,15,16,17,18,19). The molecule has 0 atom stereocenters. The Kier molecular flexibility index (Phi) is 2.69. The molecule has 19 heavy (non-hydrogen) atoms. The minimum absolute atomic E-state index is 0.176. The second kappa shape index (κ2) is 4.25. The van der Waals surface area contributed by atoms with Crippen LogP contribution >= 0.6 is 23.2 Å². The van der Waals surface area contributed by atoms with Crippen LogP contribution in [0.2, 0.25) is 10.0 Å². The number of hydrogen-bond donors (Lipinski definition) is 3. The van der Waals surface area contributed by atoms with Crippen LogP contribution in [0.5, 0.6) is 0 Å². The number of nitrogens with zero attached hydrogens (tertiary/aromatic N) is 1. The number of benzene rings is 1. The van der Waals surface area contributed by atoms with Gasteiger partial charge in [-0.3, -0.25) is 14.8 Å². The average molecular weight is 297 g/mol. The summed E-state index contributed by atoms with van der Waals surface area (Å²) >= 11 is 11.9. The monoisotopic (exact) mass is 296 g/mol. The van der Waals surface area contributed by atoms with Crippen LogP contribution in [0.15, 0.2) is 27.8 Å². The van der Waals surface area contributed by atoms with Gasteiger partial charge in [-0.2, -0.15) is 0 Å². The largest absolute Gasteiger partial charge is 0.332 e. The summed E-state index contributed by atoms with van der Waals surface area (Å²) in [5.41, 5.74) is -0.210. The van der Waals surface area contributed by atoms with Crippen LogP contribution < -0.4 is 11.2 Å². The summed E-state index contributed by atoms with van der Waals surface area (Å²) in [6, 6.07) is 4.90. The summed E-state index contributed by atoms with van der Waals surface area (Å²) < 4.78 is 0. The molecule has 0 bridgehead atoms. The van der Waals surface area contributed by atoms with Gasteiger partial charge in [0.1, 0.15) is 11.3 Å². The molecule has 0 aliphatic rings. The molecule has 96 valence electrons. The van der Waals surface area contributed by atoms with E-state index < -0.39 is 11.2 Å². The van der Waals surface area contributed by atoms with Crippen LogP contribution in [-0.2, 0) is 0 Å². The average Bonchev–Trinajstić information content (AvgIpc) is 2.72. The highest BCUT2D eigenvalue weighted by molar-refractivity contribution is 6.36. The van der Waals surface area contributed by atoms with Gasteiger partial charge in [-0.05, 0) is 18.2 Å². The molecule has 0 aliphatic carbocycles.